The molecule has 6 nitrogen and oxygen atoms in total. The van der Waals surface area contributed by atoms with Gasteiger partial charge in [-0.05, 0) is 6.92 Å². The van der Waals surface area contributed by atoms with Gasteiger partial charge >= 0.3 is 0 Å². The zero-order valence-corrected chi connectivity index (χ0v) is 7.02. The van der Waals surface area contributed by atoms with Crippen molar-refractivity contribution in [3.8, 4) is 11.5 Å². The van der Waals surface area contributed by atoms with Crippen LogP contribution in [0.3, 0.4) is 0 Å². The van der Waals surface area contributed by atoms with Crippen molar-refractivity contribution in [2.45, 2.75) is 6.92 Å². The van der Waals surface area contributed by atoms with E-state index in [1.165, 1.54) is 0 Å². The Morgan fingerprint density at radius 1 is 1.31 bits per heavy atom. The summed E-state index contributed by atoms with van der Waals surface area (Å²) >= 11 is 0. The Bertz CT molecular complexity index is 403. The maximum absolute atomic E-state index is 5.37. The minimum absolute atomic E-state index is 0.275. The van der Waals surface area contributed by atoms with Crippen molar-refractivity contribution in [3.63, 3.8) is 0 Å². The van der Waals surface area contributed by atoms with Gasteiger partial charge in [0.05, 0.1) is 11.9 Å². The zero-order chi connectivity index (χ0) is 9.26. The van der Waals surface area contributed by atoms with Crippen LogP contribution >= 0.6 is 0 Å². The van der Waals surface area contributed by atoms with E-state index in [9.17, 15) is 0 Å². The number of anilines is 1. The van der Waals surface area contributed by atoms with Crippen LogP contribution in [-0.2, 0) is 0 Å². The van der Waals surface area contributed by atoms with Gasteiger partial charge in [0.15, 0.2) is 0 Å². The van der Waals surface area contributed by atoms with Gasteiger partial charge in [0.2, 0.25) is 11.8 Å². The second kappa shape index (κ2) is 2.81. The smallest absolute Gasteiger partial charge is 0.216 e. The zero-order valence-electron chi connectivity index (χ0n) is 7.02. The van der Waals surface area contributed by atoms with Crippen molar-refractivity contribution < 1.29 is 0 Å². The van der Waals surface area contributed by atoms with Crippen LogP contribution in [0.15, 0.2) is 12.4 Å². The predicted molar refractivity (Wildman–Crippen MR) is 46.6 cm³/mol. The molecular weight excluding hydrogens is 168 g/mol. The molecule has 0 aliphatic rings. The van der Waals surface area contributed by atoms with Crippen molar-refractivity contribution >= 4 is 5.95 Å². The van der Waals surface area contributed by atoms with E-state index in [4.69, 9.17) is 5.73 Å². The third-order valence-electron chi connectivity index (χ3n) is 1.51. The van der Waals surface area contributed by atoms with E-state index in [1.807, 2.05) is 6.92 Å². The van der Waals surface area contributed by atoms with Gasteiger partial charge in [0.25, 0.3) is 0 Å². The molecule has 0 saturated heterocycles. The second-order valence-electron chi connectivity index (χ2n) is 2.59. The topological polar surface area (TPSA) is 93.4 Å². The Morgan fingerprint density at radius 2 is 2.15 bits per heavy atom. The first-order valence-corrected chi connectivity index (χ1v) is 3.72. The molecule has 13 heavy (non-hydrogen) atoms. The summed E-state index contributed by atoms with van der Waals surface area (Å²) in [6.45, 7) is 1.86. The fraction of sp³-hybridized carbons (Fsp3) is 0.143. The lowest BCUT2D eigenvalue weighted by Gasteiger charge is -1.92. The molecule has 2 aromatic rings. The van der Waals surface area contributed by atoms with E-state index in [-0.39, 0.29) is 5.95 Å². The van der Waals surface area contributed by atoms with Crippen LogP contribution < -0.4 is 5.73 Å². The minimum Gasteiger partial charge on any atom is -0.368 e. The molecule has 3 N–H and O–H groups in total. The van der Waals surface area contributed by atoms with Crippen molar-refractivity contribution in [1.82, 2.24) is 25.1 Å². The third kappa shape index (κ3) is 1.46. The Labute approximate surface area is 74.2 Å². The van der Waals surface area contributed by atoms with E-state index in [0.29, 0.717) is 11.5 Å². The summed E-state index contributed by atoms with van der Waals surface area (Å²) in [5.41, 5.74) is 6.83. The Morgan fingerprint density at radius 3 is 2.69 bits per heavy atom. The first kappa shape index (κ1) is 7.66. The fourth-order valence-electron chi connectivity index (χ4n) is 0.897. The van der Waals surface area contributed by atoms with E-state index < -0.39 is 0 Å². The molecule has 0 unspecified atom stereocenters. The summed E-state index contributed by atoms with van der Waals surface area (Å²) in [5, 5.41) is 6.38. The number of hydrogen-bond acceptors (Lipinski definition) is 5. The number of aromatic nitrogens is 5. The molecule has 66 valence electrons. The van der Waals surface area contributed by atoms with Crippen LogP contribution in [0.1, 0.15) is 5.69 Å². The van der Waals surface area contributed by atoms with E-state index in [1.54, 1.807) is 12.4 Å². The number of hydrogen-bond donors (Lipinski definition) is 2. The van der Waals surface area contributed by atoms with Crippen LogP contribution in [0, 0.1) is 6.92 Å². The average molecular weight is 176 g/mol. The van der Waals surface area contributed by atoms with Crippen LogP contribution in [0.25, 0.3) is 11.5 Å². The Balaban J connectivity index is 2.41. The summed E-state index contributed by atoms with van der Waals surface area (Å²) < 4.78 is 0. The first-order chi connectivity index (χ1) is 6.25. The van der Waals surface area contributed by atoms with E-state index >= 15 is 0 Å². The number of aryl methyl sites for hydroxylation is 1. The molecule has 0 amide bonds. The maximum Gasteiger partial charge on any atom is 0.216 e. The fourth-order valence-corrected chi connectivity index (χ4v) is 0.897. The summed E-state index contributed by atoms with van der Waals surface area (Å²) in [5.74, 6) is 0.738. The highest BCUT2D eigenvalue weighted by molar-refractivity contribution is 5.48. The molecule has 6 heteroatoms. The number of aromatic amines is 1. The summed E-state index contributed by atoms with van der Waals surface area (Å²) in [6, 6.07) is 0. The highest BCUT2D eigenvalue weighted by Gasteiger charge is 2.04. The van der Waals surface area contributed by atoms with Crippen molar-refractivity contribution in [1.29, 1.82) is 0 Å². The molecule has 0 radical (unpaired) electrons. The molecule has 0 aliphatic carbocycles. The van der Waals surface area contributed by atoms with Crippen molar-refractivity contribution in [3.05, 3.63) is 18.1 Å². The van der Waals surface area contributed by atoms with Gasteiger partial charge in [0.1, 0.15) is 5.69 Å². The minimum atomic E-state index is 0.275. The van der Waals surface area contributed by atoms with Gasteiger partial charge in [-0.2, -0.15) is 10.1 Å². The lowest BCUT2D eigenvalue weighted by Crippen LogP contribution is -1.90. The van der Waals surface area contributed by atoms with Crippen LogP contribution in [-0.4, -0.2) is 25.1 Å². The largest absolute Gasteiger partial charge is 0.368 e. The number of rotatable bonds is 1. The number of nitrogen functional groups attached to an aromatic ring is 1. The molecule has 0 aromatic carbocycles. The number of H-pyrrole nitrogens is 1. The summed E-state index contributed by atoms with van der Waals surface area (Å²) in [4.78, 5) is 12.1. The number of nitrogens with zero attached hydrogens (tertiary/aromatic N) is 4. The van der Waals surface area contributed by atoms with Crippen molar-refractivity contribution in [2.24, 2.45) is 0 Å². The predicted octanol–water partition coefficient (Wildman–Crippen LogP) is 0.152. The number of nitrogens with two attached hydrogens (primary N) is 1. The van der Waals surface area contributed by atoms with Crippen LogP contribution in [0.4, 0.5) is 5.95 Å². The standard InChI is InChI=1S/C7H8N6/c1-4-2-10-5(3-9-4)6-11-7(8)13-12-6/h2-3H,1H3,(H3,8,11,12,13). The normalized spacial score (nSPS) is 10.2. The van der Waals surface area contributed by atoms with Gasteiger partial charge < -0.3 is 5.73 Å². The summed E-state index contributed by atoms with van der Waals surface area (Å²) in [7, 11) is 0. The van der Waals surface area contributed by atoms with Gasteiger partial charge in [-0.3, -0.25) is 4.98 Å². The van der Waals surface area contributed by atoms with Crippen LogP contribution in [0.5, 0.6) is 0 Å². The molecule has 0 atom stereocenters. The SMILES string of the molecule is Cc1cnc(-c2n[nH]c(N)n2)cn1. The third-order valence-corrected chi connectivity index (χ3v) is 1.51. The van der Waals surface area contributed by atoms with E-state index in [2.05, 4.69) is 25.1 Å². The molecule has 0 spiro atoms. The molecule has 0 bridgehead atoms. The van der Waals surface area contributed by atoms with Crippen LogP contribution in [0.2, 0.25) is 0 Å². The van der Waals surface area contributed by atoms with Gasteiger partial charge in [-0.15, -0.1) is 0 Å². The quantitative estimate of drug-likeness (QED) is 0.645. The Kier molecular flexibility index (Phi) is 1.66. The molecule has 0 saturated carbocycles. The highest BCUT2D eigenvalue weighted by Crippen LogP contribution is 2.09. The monoisotopic (exact) mass is 176 g/mol. The first-order valence-electron chi connectivity index (χ1n) is 3.72. The molecule has 2 rings (SSSR count). The molecule has 2 aromatic heterocycles. The lowest BCUT2D eigenvalue weighted by molar-refractivity contribution is 1.07. The summed E-state index contributed by atoms with van der Waals surface area (Å²) in [6.07, 6.45) is 3.26. The molecular formula is C7H8N6. The van der Waals surface area contributed by atoms with E-state index in [0.717, 1.165) is 5.69 Å². The number of nitrogens with one attached hydrogen (secondary N) is 1. The molecule has 2 heterocycles. The van der Waals surface area contributed by atoms with Gasteiger partial charge in [-0.25, -0.2) is 10.1 Å². The molecule has 0 aliphatic heterocycles. The molecule has 0 fully saturated rings. The van der Waals surface area contributed by atoms with Crippen molar-refractivity contribution in [2.75, 3.05) is 5.73 Å². The maximum atomic E-state index is 5.37. The van der Waals surface area contributed by atoms with Gasteiger partial charge in [-0.1, -0.05) is 0 Å². The lowest BCUT2D eigenvalue weighted by atomic mass is 10.4. The average Bonchev–Trinajstić information content (AvgIpc) is 2.53. The van der Waals surface area contributed by atoms with Gasteiger partial charge in [0, 0.05) is 6.20 Å². The Hall–Kier alpha value is -1.98. The highest BCUT2D eigenvalue weighted by atomic mass is 15.3. The second-order valence-corrected chi connectivity index (χ2v) is 2.59.